The van der Waals surface area contributed by atoms with Crippen LogP contribution in [0.1, 0.15) is 44.9 Å². The molecule has 2 heteroatoms. The Bertz CT molecular complexity index is 143. The molecule has 0 heterocycles. The van der Waals surface area contributed by atoms with E-state index in [-0.39, 0.29) is 0 Å². The second kappa shape index (κ2) is 4.01. The van der Waals surface area contributed by atoms with E-state index in [1.807, 2.05) is 0 Å². The van der Waals surface area contributed by atoms with E-state index in [2.05, 4.69) is 11.8 Å². The molecule has 0 bridgehead atoms. The first-order chi connectivity index (χ1) is 5.86. The summed E-state index contributed by atoms with van der Waals surface area (Å²) < 4.78 is 0. The zero-order valence-electron chi connectivity index (χ0n) is 7.67. The van der Waals surface area contributed by atoms with Crippen LogP contribution in [0.15, 0.2) is 0 Å². The predicted octanol–water partition coefficient (Wildman–Crippen LogP) is 2.54. The van der Waals surface area contributed by atoms with E-state index in [0.29, 0.717) is 6.04 Å². The first kappa shape index (κ1) is 8.89. The zero-order chi connectivity index (χ0) is 8.39. The van der Waals surface area contributed by atoms with Crippen molar-refractivity contribution >= 4 is 11.8 Å². The summed E-state index contributed by atoms with van der Waals surface area (Å²) in [4.78, 5) is 0. The number of nitrogens with two attached hydrogens (primary N) is 1. The SMILES string of the molecule is NC1CCCC1SC1CCCC1. The van der Waals surface area contributed by atoms with E-state index in [0.717, 1.165) is 10.5 Å². The van der Waals surface area contributed by atoms with Crippen molar-refractivity contribution in [2.45, 2.75) is 61.5 Å². The van der Waals surface area contributed by atoms with Gasteiger partial charge < -0.3 is 5.73 Å². The van der Waals surface area contributed by atoms with Crippen molar-refractivity contribution in [3.05, 3.63) is 0 Å². The summed E-state index contributed by atoms with van der Waals surface area (Å²) in [5.41, 5.74) is 6.04. The quantitative estimate of drug-likeness (QED) is 0.715. The highest BCUT2D eigenvalue weighted by Crippen LogP contribution is 2.38. The molecule has 12 heavy (non-hydrogen) atoms. The molecule has 2 N–H and O–H groups in total. The fourth-order valence-electron chi connectivity index (χ4n) is 2.40. The summed E-state index contributed by atoms with van der Waals surface area (Å²) in [6.07, 6.45) is 9.83. The number of rotatable bonds is 2. The number of thioether (sulfide) groups is 1. The standard InChI is InChI=1S/C10H19NS/c11-9-6-3-7-10(9)12-8-4-1-2-5-8/h8-10H,1-7,11H2. The molecule has 1 nitrogen and oxygen atoms in total. The smallest absolute Gasteiger partial charge is 0.0201 e. The highest BCUT2D eigenvalue weighted by atomic mass is 32.2. The van der Waals surface area contributed by atoms with Gasteiger partial charge in [-0.05, 0) is 25.7 Å². The molecule has 70 valence electrons. The van der Waals surface area contributed by atoms with Gasteiger partial charge in [-0.3, -0.25) is 0 Å². The lowest BCUT2D eigenvalue weighted by molar-refractivity contribution is 0.711. The van der Waals surface area contributed by atoms with Crippen LogP contribution in [0.25, 0.3) is 0 Å². The van der Waals surface area contributed by atoms with Crippen LogP contribution in [-0.2, 0) is 0 Å². The maximum Gasteiger partial charge on any atom is 0.0201 e. The third-order valence-electron chi connectivity index (χ3n) is 3.17. The molecule has 0 aromatic carbocycles. The van der Waals surface area contributed by atoms with Gasteiger partial charge in [-0.2, -0.15) is 11.8 Å². The van der Waals surface area contributed by atoms with E-state index in [1.165, 1.54) is 44.9 Å². The Morgan fingerprint density at radius 2 is 1.67 bits per heavy atom. The van der Waals surface area contributed by atoms with Crippen LogP contribution in [0.4, 0.5) is 0 Å². The molecule has 0 amide bonds. The van der Waals surface area contributed by atoms with Gasteiger partial charge in [-0.25, -0.2) is 0 Å². The van der Waals surface area contributed by atoms with Gasteiger partial charge in [0.25, 0.3) is 0 Å². The van der Waals surface area contributed by atoms with Crippen molar-refractivity contribution in [1.29, 1.82) is 0 Å². The largest absolute Gasteiger partial charge is 0.327 e. The van der Waals surface area contributed by atoms with Crippen LogP contribution >= 0.6 is 11.8 Å². The Kier molecular flexibility index (Phi) is 2.97. The van der Waals surface area contributed by atoms with Gasteiger partial charge in [-0.15, -0.1) is 0 Å². The van der Waals surface area contributed by atoms with Crippen LogP contribution in [0.3, 0.4) is 0 Å². The summed E-state index contributed by atoms with van der Waals surface area (Å²) >= 11 is 2.20. The summed E-state index contributed by atoms with van der Waals surface area (Å²) in [6, 6.07) is 0.510. The van der Waals surface area contributed by atoms with Crippen LogP contribution < -0.4 is 5.73 Å². The van der Waals surface area contributed by atoms with Gasteiger partial charge in [0.2, 0.25) is 0 Å². The molecule has 2 saturated carbocycles. The highest BCUT2D eigenvalue weighted by molar-refractivity contribution is 8.00. The van der Waals surface area contributed by atoms with Gasteiger partial charge in [0.1, 0.15) is 0 Å². The van der Waals surface area contributed by atoms with Gasteiger partial charge in [-0.1, -0.05) is 19.3 Å². The minimum atomic E-state index is 0.510. The molecule has 2 atom stereocenters. The summed E-state index contributed by atoms with van der Waals surface area (Å²) in [5, 5.41) is 1.76. The molecule has 2 aliphatic rings. The van der Waals surface area contributed by atoms with Crippen molar-refractivity contribution in [1.82, 2.24) is 0 Å². The maximum absolute atomic E-state index is 6.04. The topological polar surface area (TPSA) is 26.0 Å². The fourth-order valence-corrected chi connectivity index (χ4v) is 4.14. The average Bonchev–Trinajstić information content (AvgIpc) is 2.65. The lowest BCUT2D eigenvalue weighted by atomic mass is 10.3. The second-order valence-electron chi connectivity index (χ2n) is 4.18. The molecule has 0 spiro atoms. The molecule has 2 aliphatic carbocycles. The first-order valence-electron chi connectivity index (χ1n) is 5.27. The lowest BCUT2D eigenvalue weighted by Crippen LogP contribution is -2.27. The van der Waals surface area contributed by atoms with Crippen molar-refractivity contribution in [3.63, 3.8) is 0 Å². The van der Waals surface area contributed by atoms with Gasteiger partial charge in [0.05, 0.1) is 0 Å². The molecule has 2 unspecified atom stereocenters. The highest BCUT2D eigenvalue weighted by Gasteiger charge is 2.28. The lowest BCUT2D eigenvalue weighted by Gasteiger charge is -2.18. The summed E-state index contributed by atoms with van der Waals surface area (Å²) in [5.74, 6) is 0. The number of hydrogen-bond donors (Lipinski definition) is 1. The first-order valence-corrected chi connectivity index (χ1v) is 6.21. The monoisotopic (exact) mass is 185 g/mol. The molecule has 0 aromatic rings. The second-order valence-corrected chi connectivity index (χ2v) is 5.72. The molecule has 0 saturated heterocycles. The van der Waals surface area contributed by atoms with Crippen LogP contribution in [0.5, 0.6) is 0 Å². The van der Waals surface area contributed by atoms with Crippen molar-refractivity contribution in [3.8, 4) is 0 Å². The molecular formula is C10H19NS. The summed E-state index contributed by atoms with van der Waals surface area (Å²) in [6.45, 7) is 0. The molecular weight excluding hydrogens is 166 g/mol. The Labute approximate surface area is 79.5 Å². The van der Waals surface area contributed by atoms with Crippen LogP contribution in [0, 0.1) is 0 Å². The maximum atomic E-state index is 6.04. The normalized spacial score (nSPS) is 37.8. The third kappa shape index (κ3) is 1.97. The molecule has 2 rings (SSSR count). The summed E-state index contributed by atoms with van der Waals surface area (Å²) in [7, 11) is 0. The van der Waals surface area contributed by atoms with E-state index in [1.54, 1.807) is 0 Å². The van der Waals surface area contributed by atoms with E-state index >= 15 is 0 Å². The Morgan fingerprint density at radius 3 is 2.25 bits per heavy atom. The third-order valence-corrected chi connectivity index (χ3v) is 4.96. The van der Waals surface area contributed by atoms with Gasteiger partial charge >= 0.3 is 0 Å². The Balaban J connectivity index is 1.77. The van der Waals surface area contributed by atoms with E-state index in [9.17, 15) is 0 Å². The van der Waals surface area contributed by atoms with Crippen LogP contribution in [0.2, 0.25) is 0 Å². The van der Waals surface area contributed by atoms with Gasteiger partial charge in [0.15, 0.2) is 0 Å². The molecule has 0 radical (unpaired) electrons. The van der Waals surface area contributed by atoms with Gasteiger partial charge in [0, 0.05) is 16.5 Å². The average molecular weight is 185 g/mol. The Morgan fingerprint density at radius 1 is 0.917 bits per heavy atom. The minimum Gasteiger partial charge on any atom is -0.327 e. The fraction of sp³-hybridized carbons (Fsp3) is 1.00. The van der Waals surface area contributed by atoms with E-state index in [4.69, 9.17) is 5.73 Å². The molecule has 0 aliphatic heterocycles. The Hall–Kier alpha value is 0.310. The molecule has 2 fully saturated rings. The van der Waals surface area contributed by atoms with Crippen molar-refractivity contribution in [2.75, 3.05) is 0 Å². The zero-order valence-corrected chi connectivity index (χ0v) is 8.48. The molecule has 0 aromatic heterocycles. The predicted molar refractivity (Wildman–Crippen MR) is 55.5 cm³/mol. The number of hydrogen-bond acceptors (Lipinski definition) is 2. The minimum absolute atomic E-state index is 0.510. The van der Waals surface area contributed by atoms with Crippen molar-refractivity contribution in [2.24, 2.45) is 5.73 Å². The van der Waals surface area contributed by atoms with Crippen LogP contribution in [-0.4, -0.2) is 16.5 Å². The van der Waals surface area contributed by atoms with E-state index < -0.39 is 0 Å². The van der Waals surface area contributed by atoms with Crippen molar-refractivity contribution < 1.29 is 0 Å².